The molecule has 0 saturated carbocycles. The molecule has 6 aliphatic rings. The van der Waals surface area contributed by atoms with E-state index < -0.39 is 0 Å². The minimum atomic E-state index is -0.206. The van der Waals surface area contributed by atoms with E-state index in [2.05, 4.69) is 271 Å². The predicted octanol–water partition coefficient (Wildman–Crippen LogP) is 20.0. The summed E-state index contributed by atoms with van der Waals surface area (Å²) in [5, 5.41) is 12.7. The van der Waals surface area contributed by atoms with Crippen LogP contribution in [0.2, 0.25) is 0 Å². The molecule has 386 valence electrons. The van der Waals surface area contributed by atoms with Crippen molar-refractivity contribution in [3.8, 4) is 44.5 Å². The van der Waals surface area contributed by atoms with Gasteiger partial charge >= 0.3 is 0 Å². The smallest absolute Gasteiger partial charge is 0.0159 e. The Morgan fingerprint density at radius 3 is 1.79 bits per heavy atom. The number of benzene rings is 10. The highest BCUT2D eigenvalue weighted by atomic mass is 14.5. The number of hydrogen-bond donors (Lipinski definition) is 0. The third kappa shape index (κ3) is 7.09. The van der Waals surface area contributed by atoms with Gasteiger partial charge in [-0.25, -0.2) is 0 Å². The summed E-state index contributed by atoms with van der Waals surface area (Å²) in [5.74, 6) is 0.249. The van der Waals surface area contributed by atoms with Gasteiger partial charge in [0.1, 0.15) is 0 Å². The van der Waals surface area contributed by atoms with E-state index in [1.807, 2.05) is 0 Å². The lowest BCUT2D eigenvalue weighted by Gasteiger charge is -2.33. The summed E-state index contributed by atoms with van der Waals surface area (Å²) in [6.07, 6.45) is 19.9. The highest BCUT2D eigenvalue weighted by Crippen LogP contribution is 2.59. The van der Waals surface area contributed by atoms with Gasteiger partial charge in [-0.05, 0) is 208 Å². The van der Waals surface area contributed by atoms with Gasteiger partial charge in [0.15, 0.2) is 0 Å². The molecule has 0 fully saturated rings. The fourth-order valence-corrected chi connectivity index (χ4v) is 15.7. The Labute approximate surface area is 474 Å². The molecule has 0 saturated heterocycles. The van der Waals surface area contributed by atoms with Gasteiger partial charge in [-0.15, -0.1) is 0 Å². The number of allylic oxidation sites excluding steroid dienone is 10. The third-order valence-corrected chi connectivity index (χ3v) is 19.6. The molecule has 0 amide bonds. The van der Waals surface area contributed by atoms with E-state index in [-0.39, 0.29) is 16.7 Å². The van der Waals surface area contributed by atoms with Crippen LogP contribution in [0.1, 0.15) is 91.0 Å². The second kappa shape index (κ2) is 18.0. The van der Waals surface area contributed by atoms with Crippen molar-refractivity contribution in [3.05, 3.63) is 340 Å². The Morgan fingerprint density at radius 1 is 0.444 bits per heavy atom. The van der Waals surface area contributed by atoms with Crippen LogP contribution in [0, 0.1) is 41.7 Å². The molecule has 1 unspecified atom stereocenters. The molecule has 0 aromatic heterocycles. The molecule has 16 rings (SSSR count). The highest BCUT2D eigenvalue weighted by molar-refractivity contribution is 6.13. The predicted molar refractivity (Wildman–Crippen MR) is 338 cm³/mol. The Morgan fingerprint density at radius 2 is 1.05 bits per heavy atom. The maximum absolute atomic E-state index is 4.66. The van der Waals surface area contributed by atoms with E-state index in [1.54, 1.807) is 0 Å². The van der Waals surface area contributed by atoms with Gasteiger partial charge in [0, 0.05) is 16.7 Å². The van der Waals surface area contributed by atoms with Crippen molar-refractivity contribution in [2.75, 3.05) is 0 Å². The zero-order valence-electron chi connectivity index (χ0n) is 46.6. The van der Waals surface area contributed by atoms with Gasteiger partial charge in [0.25, 0.3) is 0 Å². The van der Waals surface area contributed by atoms with Crippen molar-refractivity contribution in [2.45, 2.75) is 70.1 Å². The van der Waals surface area contributed by atoms with Crippen LogP contribution in [0.25, 0.3) is 66.9 Å². The molecule has 81 heavy (non-hydrogen) atoms. The van der Waals surface area contributed by atoms with Crippen LogP contribution in [0.4, 0.5) is 0 Å². The molecule has 6 aliphatic carbocycles. The van der Waals surface area contributed by atoms with Crippen LogP contribution < -0.4 is 0 Å². The van der Waals surface area contributed by atoms with E-state index in [1.165, 1.54) is 158 Å². The topological polar surface area (TPSA) is 0 Å². The van der Waals surface area contributed by atoms with Crippen LogP contribution in [0.15, 0.2) is 254 Å². The molecule has 0 N–H and O–H groups in total. The summed E-state index contributed by atoms with van der Waals surface area (Å²) in [6.45, 7) is 14.5. The van der Waals surface area contributed by atoms with E-state index in [0.29, 0.717) is 0 Å². The molecule has 10 aromatic carbocycles. The van der Waals surface area contributed by atoms with Crippen molar-refractivity contribution < 1.29 is 0 Å². The summed E-state index contributed by atoms with van der Waals surface area (Å²) in [5.41, 5.74) is 26.4. The largest absolute Gasteiger partial charge is 0.0911 e. The molecule has 0 spiro atoms. The summed E-state index contributed by atoms with van der Waals surface area (Å²) >= 11 is 0. The Kier molecular flexibility index (Phi) is 10.6. The lowest BCUT2D eigenvalue weighted by atomic mass is 9.70. The molecule has 0 bridgehead atoms. The summed E-state index contributed by atoms with van der Waals surface area (Å²) in [6, 6.07) is 75.1. The first-order valence-electron chi connectivity index (χ1n) is 29.3. The molecule has 0 nitrogen and oxygen atoms in total. The van der Waals surface area contributed by atoms with Crippen molar-refractivity contribution in [1.29, 1.82) is 0 Å². The first-order valence-corrected chi connectivity index (χ1v) is 29.3. The zero-order valence-corrected chi connectivity index (χ0v) is 46.6. The van der Waals surface area contributed by atoms with Gasteiger partial charge in [-0.1, -0.05) is 252 Å². The normalized spacial score (nSPS) is 17.2. The Hall–Kier alpha value is -9.10. The molecule has 1 atom stereocenters. The van der Waals surface area contributed by atoms with Crippen LogP contribution >= 0.6 is 0 Å². The first kappa shape index (κ1) is 47.9. The van der Waals surface area contributed by atoms with Gasteiger partial charge in [-0.2, -0.15) is 0 Å². The number of hydrogen-bond acceptors (Lipinski definition) is 0. The van der Waals surface area contributed by atoms with Crippen LogP contribution in [0.3, 0.4) is 0 Å². The van der Waals surface area contributed by atoms with Gasteiger partial charge < -0.3 is 0 Å². The second-order valence-corrected chi connectivity index (χ2v) is 24.5. The summed E-state index contributed by atoms with van der Waals surface area (Å²) in [7, 11) is 0. The van der Waals surface area contributed by atoms with Gasteiger partial charge in [0.05, 0.1) is 0 Å². The lowest BCUT2D eigenvalue weighted by Crippen LogP contribution is -2.20. The van der Waals surface area contributed by atoms with Crippen molar-refractivity contribution in [3.63, 3.8) is 0 Å². The maximum Gasteiger partial charge on any atom is 0.0159 e. The minimum absolute atomic E-state index is 0.149. The number of fused-ring (bicyclic) bond motifs is 16. The second-order valence-electron chi connectivity index (χ2n) is 24.5. The minimum Gasteiger partial charge on any atom is -0.0911 e. The SMILES string of the molecule is C=C1C=CC=CCc2ccccc2-c2cc(-c3c4c(c(-c5ccc6c(c5)=c5ccccc5=c5ccccc5=c5ccccc5=6)c5cc6c(cc35)C(C)(C)c3ccccc3-6)CC3C(=C4)C(C)(C)c4ccccc43)ccc2C2=C1C=CCC2. The van der Waals surface area contributed by atoms with Crippen molar-refractivity contribution in [1.82, 2.24) is 0 Å². The fraction of sp³-hybridized carbons (Fsp3) is 0.136. The van der Waals surface area contributed by atoms with Crippen molar-refractivity contribution in [2.24, 2.45) is 0 Å². The molecular weight excluding hydrogens is 973 g/mol. The van der Waals surface area contributed by atoms with Gasteiger partial charge in [0.2, 0.25) is 0 Å². The molecule has 0 heteroatoms. The summed E-state index contributed by atoms with van der Waals surface area (Å²) < 4.78 is 0. The molecule has 0 heterocycles. The van der Waals surface area contributed by atoms with Gasteiger partial charge in [-0.3, -0.25) is 0 Å². The van der Waals surface area contributed by atoms with Crippen LogP contribution in [0.5, 0.6) is 0 Å². The molecular formula is C81H62. The van der Waals surface area contributed by atoms with Crippen LogP contribution in [-0.4, -0.2) is 0 Å². The molecule has 0 radical (unpaired) electrons. The first-order chi connectivity index (χ1) is 39.6. The van der Waals surface area contributed by atoms with E-state index in [0.717, 1.165) is 31.3 Å². The third-order valence-electron chi connectivity index (χ3n) is 19.6. The van der Waals surface area contributed by atoms with E-state index in [4.69, 9.17) is 0 Å². The quantitative estimate of drug-likeness (QED) is 0.162. The lowest BCUT2D eigenvalue weighted by molar-refractivity contribution is 0.614. The fourth-order valence-electron chi connectivity index (χ4n) is 15.7. The average molecular weight is 1040 g/mol. The monoisotopic (exact) mass is 1030 g/mol. The molecule has 0 aliphatic heterocycles. The molecule has 10 aromatic rings. The highest BCUT2D eigenvalue weighted by Gasteiger charge is 2.45. The standard InChI is InChI=1S/C81H62/c1-49-23-7-6-8-24-50-25-9-10-27-54(50)66-43-51(39-41-62(66)55-28-12-11-26-53(49)55)79-72-47-76-68(64-35-19-21-37-74(64)80(76,2)3)45-70(72)78(71-46-69-65-36-20-22-38-75(65)81(4,5)77(69)48-73(71)79)52-40-42-63-60-33-16-15-31-58(60)56-29-13-14-30-57(56)59-32-17-18-34-61(59)67(63)44-52/h6-11,13-23,25-27,29-45,47-48,69H,1,12,24,28,46H2,2-5H3. The summed E-state index contributed by atoms with van der Waals surface area (Å²) in [4.78, 5) is 0. The van der Waals surface area contributed by atoms with E-state index in [9.17, 15) is 0 Å². The zero-order chi connectivity index (χ0) is 54.3. The average Bonchev–Trinajstić information content (AvgIpc) is 3.99. The van der Waals surface area contributed by atoms with Crippen molar-refractivity contribution >= 4 is 22.4 Å². The Bertz CT molecular complexity index is 5060. The van der Waals surface area contributed by atoms with E-state index >= 15 is 0 Å². The maximum atomic E-state index is 4.66. The Balaban J connectivity index is 1.09. The van der Waals surface area contributed by atoms with Crippen LogP contribution in [-0.2, 0) is 23.7 Å². The number of rotatable bonds is 2.